The van der Waals surface area contributed by atoms with E-state index in [1.165, 1.54) is 0 Å². The van der Waals surface area contributed by atoms with Crippen LogP contribution in [-0.4, -0.2) is 60.3 Å². The quantitative estimate of drug-likeness (QED) is 0.536. The number of ether oxygens (including phenoxy) is 1. The Bertz CT molecular complexity index is 1220. The summed E-state index contributed by atoms with van der Waals surface area (Å²) in [6.45, 7) is 4.20. The van der Waals surface area contributed by atoms with Gasteiger partial charge in [-0.2, -0.15) is 0 Å². The van der Waals surface area contributed by atoms with E-state index in [9.17, 15) is 18.0 Å². The van der Waals surface area contributed by atoms with E-state index in [4.69, 9.17) is 4.74 Å². The largest absolute Gasteiger partial charge is 0.472 e. The van der Waals surface area contributed by atoms with Crippen molar-refractivity contribution < 1.29 is 22.7 Å². The number of ketones is 1. The Morgan fingerprint density at radius 1 is 1.27 bits per heavy atom. The van der Waals surface area contributed by atoms with Gasteiger partial charge in [0.25, 0.3) is 0 Å². The van der Waals surface area contributed by atoms with Crippen molar-refractivity contribution in [1.29, 1.82) is 0 Å². The lowest BCUT2D eigenvalue weighted by Crippen LogP contribution is -2.52. The smallest absolute Gasteiger partial charge is 0.238 e. The van der Waals surface area contributed by atoms with E-state index in [0.29, 0.717) is 38.1 Å². The third-order valence-electron chi connectivity index (χ3n) is 6.83. The second-order valence-electron chi connectivity index (χ2n) is 9.21. The van der Waals surface area contributed by atoms with Crippen LogP contribution >= 0.6 is 0 Å². The monoisotopic (exact) mass is 469 g/mol. The molecule has 1 aromatic heterocycles. The summed E-state index contributed by atoms with van der Waals surface area (Å²) in [7, 11) is -3.45. The van der Waals surface area contributed by atoms with E-state index < -0.39 is 38.2 Å². The van der Waals surface area contributed by atoms with Crippen LogP contribution in [0.1, 0.15) is 25.7 Å². The summed E-state index contributed by atoms with van der Waals surface area (Å²) in [4.78, 5) is 30.3. The Hall–Kier alpha value is -2.78. The SMILES string of the molecule is C=C[C@@H]1C[C@]1(NC(=O)[C@@H]1C[C@@H](Oc2nccc3ccccc23)CN1)C(=O)CS(=O)(=O)C1CC1. The average molecular weight is 470 g/mol. The first-order chi connectivity index (χ1) is 15.8. The fraction of sp³-hybridized carbons (Fsp3) is 0.458. The highest BCUT2D eigenvalue weighted by molar-refractivity contribution is 7.93. The molecule has 2 N–H and O–H groups in total. The van der Waals surface area contributed by atoms with Crippen LogP contribution in [0.4, 0.5) is 0 Å². The highest BCUT2D eigenvalue weighted by atomic mass is 32.2. The molecule has 1 amide bonds. The first-order valence-electron chi connectivity index (χ1n) is 11.3. The zero-order valence-corrected chi connectivity index (χ0v) is 19.0. The summed E-state index contributed by atoms with van der Waals surface area (Å²) >= 11 is 0. The molecule has 1 saturated heterocycles. The number of nitrogens with zero attached hydrogens (tertiary/aromatic N) is 1. The van der Waals surface area contributed by atoms with Crippen molar-refractivity contribution >= 4 is 32.3 Å². The Balaban J connectivity index is 1.23. The number of carbonyl (C=O) groups is 2. The van der Waals surface area contributed by atoms with E-state index in [0.717, 1.165) is 10.8 Å². The van der Waals surface area contributed by atoms with Crippen molar-refractivity contribution in [3.63, 3.8) is 0 Å². The van der Waals surface area contributed by atoms with Gasteiger partial charge in [-0.15, -0.1) is 6.58 Å². The molecule has 0 spiro atoms. The number of fused-ring (bicyclic) bond motifs is 1. The number of carbonyl (C=O) groups excluding carboxylic acids is 2. The van der Waals surface area contributed by atoms with Crippen LogP contribution in [-0.2, 0) is 19.4 Å². The van der Waals surface area contributed by atoms with Crippen molar-refractivity contribution in [1.82, 2.24) is 15.6 Å². The molecule has 0 radical (unpaired) electrons. The van der Waals surface area contributed by atoms with E-state index in [-0.39, 0.29) is 17.9 Å². The number of nitrogens with one attached hydrogen (secondary N) is 2. The second-order valence-corrected chi connectivity index (χ2v) is 11.5. The Labute approximate surface area is 192 Å². The van der Waals surface area contributed by atoms with Gasteiger partial charge < -0.3 is 15.4 Å². The third kappa shape index (κ3) is 4.27. The number of hydrogen-bond donors (Lipinski definition) is 2. The molecule has 1 aliphatic heterocycles. The molecule has 2 aromatic rings. The number of aromatic nitrogens is 1. The molecule has 4 atom stereocenters. The van der Waals surface area contributed by atoms with Crippen molar-refractivity contribution in [3.8, 4) is 5.88 Å². The lowest BCUT2D eigenvalue weighted by Gasteiger charge is -2.20. The number of Topliss-reactive ketones (excluding diaryl/α,β-unsaturated/α-hetero) is 1. The minimum absolute atomic E-state index is 0.253. The maximum Gasteiger partial charge on any atom is 0.238 e. The van der Waals surface area contributed by atoms with E-state index in [1.807, 2.05) is 30.3 Å². The standard InChI is InChI=1S/C24H27N3O5S/c1-2-16-12-24(16,21(28)14-33(30,31)18-7-8-18)27-22(29)20-11-17(13-26-20)32-23-19-6-4-3-5-15(19)9-10-25-23/h2-6,9-10,16-18,20,26H,1,7-8,11-14H2,(H,27,29)/t16-,17-,20+,24-/m1/s1. The fourth-order valence-corrected chi connectivity index (χ4v) is 6.32. The number of hydrogen-bond acceptors (Lipinski definition) is 7. The van der Waals surface area contributed by atoms with E-state index in [1.54, 1.807) is 12.3 Å². The van der Waals surface area contributed by atoms with Gasteiger partial charge in [0, 0.05) is 30.5 Å². The van der Waals surface area contributed by atoms with Gasteiger partial charge in [0.05, 0.1) is 11.3 Å². The van der Waals surface area contributed by atoms with Gasteiger partial charge in [0.1, 0.15) is 17.4 Å². The summed E-state index contributed by atoms with van der Waals surface area (Å²) in [6, 6.07) is 9.17. The minimum Gasteiger partial charge on any atom is -0.472 e. The summed E-state index contributed by atoms with van der Waals surface area (Å²) in [5.74, 6) is -1.03. The van der Waals surface area contributed by atoms with Crippen LogP contribution < -0.4 is 15.4 Å². The Morgan fingerprint density at radius 3 is 2.79 bits per heavy atom. The van der Waals surface area contributed by atoms with Crippen molar-refractivity contribution in [2.45, 2.75) is 48.6 Å². The second kappa shape index (κ2) is 8.22. The number of sulfone groups is 1. The molecule has 2 aliphatic carbocycles. The Kier molecular flexibility index (Phi) is 5.49. The highest BCUT2D eigenvalue weighted by Crippen LogP contribution is 2.46. The van der Waals surface area contributed by atoms with Crippen LogP contribution in [0.5, 0.6) is 5.88 Å². The summed E-state index contributed by atoms with van der Waals surface area (Å²) in [5.41, 5.74) is -1.17. The van der Waals surface area contributed by atoms with E-state index >= 15 is 0 Å². The van der Waals surface area contributed by atoms with E-state index in [2.05, 4.69) is 22.2 Å². The fourth-order valence-electron chi connectivity index (χ4n) is 4.61. The highest BCUT2D eigenvalue weighted by Gasteiger charge is 2.60. The number of benzene rings is 1. The first kappa shape index (κ1) is 22.0. The molecular formula is C24H27N3O5S. The van der Waals surface area contributed by atoms with Gasteiger partial charge in [-0.3, -0.25) is 9.59 Å². The predicted octanol–water partition coefficient (Wildman–Crippen LogP) is 1.55. The van der Waals surface area contributed by atoms with Crippen LogP contribution in [0, 0.1) is 5.92 Å². The van der Waals surface area contributed by atoms with Crippen LogP contribution in [0.2, 0.25) is 0 Å². The van der Waals surface area contributed by atoms with Gasteiger partial charge in [-0.05, 0) is 36.8 Å². The molecule has 3 fully saturated rings. The van der Waals surface area contributed by atoms with Crippen molar-refractivity contribution in [3.05, 3.63) is 49.2 Å². The maximum absolute atomic E-state index is 13.0. The maximum atomic E-state index is 13.0. The van der Waals surface area contributed by atoms with Gasteiger partial charge >= 0.3 is 0 Å². The average Bonchev–Trinajstić information content (AvgIpc) is 3.71. The zero-order valence-electron chi connectivity index (χ0n) is 18.2. The van der Waals surface area contributed by atoms with Crippen molar-refractivity contribution in [2.75, 3.05) is 12.3 Å². The zero-order chi connectivity index (χ0) is 23.2. The molecule has 3 aliphatic rings. The summed E-state index contributed by atoms with van der Waals surface area (Å²) in [6.07, 6.45) is 5.07. The van der Waals surface area contributed by atoms with Gasteiger partial charge in [-0.1, -0.05) is 24.3 Å². The normalized spacial score (nSPS) is 28.9. The lowest BCUT2D eigenvalue weighted by molar-refractivity contribution is -0.129. The molecule has 1 aromatic carbocycles. The molecule has 0 unspecified atom stereocenters. The van der Waals surface area contributed by atoms with Gasteiger partial charge in [0.15, 0.2) is 15.6 Å². The molecule has 174 valence electrons. The Morgan fingerprint density at radius 2 is 2.06 bits per heavy atom. The van der Waals surface area contributed by atoms with Crippen molar-refractivity contribution in [2.24, 2.45) is 5.92 Å². The molecule has 5 rings (SSSR count). The van der Waals surface area contributed by atoms with Gasteiger partial charge in [-0.25, -0.2) is 13.4 Å². The van der Waals surface area contributed by atoms with Gasteiger partial charge in [0.2, 0.25) is 11.8 Å². The molecule has 2 saturated carbocycles. The molecule has 9 heteroatoms. The summed E-state index contributed by atoms with van der Waals surface area (Å²) < 4.78 is 30.7. The predicted molar refractivity (Wildman–Crippen MR) is 124 cm³/mol. The molecule has 0 bridgehead atoms. The number of rotatable bonds is 9. The molecular weight excluding hydrogens is 442 g/mol. The molecule has 2 heterocycles. The number of amides is 1. The molecule has 33 heavy (non-hydrogen) atoms. The number of pyridine rings is 1. The molecule has 8 nitrogen and oxygen atoms in total. The minimum atomic E-state index is -3.45. The summed E-state index contributed by atoms with van der Waals surface area (Å²) in [5, 5.41) is 7.52. The lowest BCUT2D eigenvalue weighted by atomic mass is 10.1. The van der Waals surface area contributed by atoms with Crippen LogP contribution in [0.15, 0.2) is 49.2 Å². The van der Waals surface area contributed by atoms with Crippen LogP contribution in [0.3, 0.4) is 0 Å². The van der Waals surface area contributed by atoms with Crippen LogP contribution in [0.25, 0.3) is 10.8 Å². The topological polar surface area (TPSA) is 114 Å². The first-order valence-corrected chi connectivity index (χ1v) is 13.0. The third-order valence-corrected chi connectivity index (χ3v) is 8.98.